The van der Waals surface area contributed by atoms with E-state index in [1.807, 2.05) is 36.4 Å². The molecular formula is C16H13IN2O3. The average Bonchev–Trinajstić information content (AvgIpc) is 2.98. The molecule has 1 aliphatic rings. The fourth-order valence-corrected chi connectivity index (χ4v) is 2.73. The van der Waals surface area contributed by atoms with Gasteiger partial charge in [0, 0.05) is 9.99 Å². The summed E-state index contributed by atoms with van der Waals surface area (Å²) in [5.41, 5.74) is 4.45. The zero-order chi connectivity index (χ0) is 15.5. The van der Waals surface area contributed by atoms with Crippen molar-refractivity contribution in [3.8, 4) is 0 Å². The lowest BCUT2D eigenvalue weighted by Crippen LogP contribution is -2.12. The van der Waals surface area contributed by atoms with Gasteiger partial charge in [0.15, 0.2) is 0 Å². The van der Waals surface area contributed by atoms with E-state index in [1.165, 1.54) is 0 Å². The van der Waals surface area contributed by atoms with E-state index >= 15 is 0 Å². The van der Waals surface area contributed by atoms with Crippen molar-refractivity contribution in [1.29, 1.82) is 0 Å². The molecule has 5 nitrogen and oxygen atoms in total. The van der Waals surface area contributed by atoms with Crippen molar-refractivity contribution in [2.24, 2.45) is 4.99 Å². The molecule has 1 heterocycles. The molecule has 3 rings (SSSR count). The summed E-state index contributed by atoms with van der Waals surface area (Å²) in [7, 11) is 0. The van der Waals surface area contributed by atoms with Crippen LogP contribution in [0.15, 0.2) is 53.5 Å². The molecule has 112 valence electrons. The van der Waals surface area contributed by atoms with Crippen LogP contribution in [0, 0.1) is 3.57 Å². The van der Waals surface area contributed by atoms with Crippen molar-refractivity contribution in [2.75, 3.05) is 0 Å². The molecule has 1 unspecified atom stereocenters. The van der Waals surface area contributed by atoms with E-state index in [0.29, 0.717) is 17.9 Å². The Balaban J connectivity index is 1.84. The summed E-state index contributed by atoms with van der Waals surface area (Å²) in [4.78, 5) is 21.2. The highest BCUT2D eigenvalue weighted by molar-refractivity contribution is 14.1. The van der Waals surface area contributed by atoms with Gasteiger partial charge in [-0.2, -0.15) is 0 Å². The number of aromatic carboxylic acids is 1. The number of halogens is 1. The molecule has 1 fully saturated rings. The molecule has 0 aromatic heterocycles. The number of benzene rings is 2. The monoisotopic (exact) mass is 408 g/mol. The number of nitrogens with one attached hydrogen (secondary N) is 1. The smallest absolute Gasteiger partial charge is 0.337 e. The van der Waals surface area contributed by atoms with Crippen molar-refractivity contribution < 1.29 is 14.7 Å². The van der Waals surface area contributed by atoms with Crippen LogP contribution in [0.5, 0.6) is 0 Å². The van der Waals surface area contributed by atoms with Gasteiger partial charge in [-0.1, -0.05) is 30.3 Å². The van der Waals surface area contributed by atoms with E-state index in [4.69, 9.17) is 4.84 Å². The average molecular weight is 408 g/mol. The van der Waals surface area contributed by atoms with Crippen LogP contribution in [0.3, 0.4) is 0 Å². The topological polar surface area (TPSA) is 70.9 Å². The Bertz CT molecular complexity index is 731. The van der Waals surface area contributed by atoms with E-state index in [9.17, 15) is 9.90 Å². The molecule has 0 aliphatic carbocycles. The predicted octanol–water partition coefficient (Wildman–Crippen LogP) is 3.69. The van der Waals surface area contributed by atoms with Gasteiger partial charge in [-0.25, -0.2) is 9.79 Å². The Kier molecular flexibility index (Phi) is 4.39. The summed E-state index contributed by atoms with van der Waals surface area (Å²) >= 11 is 2.08. The maximum Gasteiger partial charge on any atom is 0.337 e. The molecule has 2 aromatic carbocycles. The second kappa shape index (κ2) is 6.45. The van der Waals surface area contributed by atoms with Gasteiger partial charge in [0.2, 0.25) is 0 Å². The number of hydroxylamine groups is 1. The van der Waals surface area contributed by atoms with Crippen molar-refractivity contribution in [3.63, 3.8) is 0 Å². The molecule has 2 N–H and O–H groups in total. The van der Waals surface area contributed by atoms with Crippen LogP contribution < -0.4 is 5.48 Å². The second-order valence-corrected chi connectivity index (χ2v) is 6.09. The highest BCUT2D eigenvalue weighted by atomic mass is 127. The minimum absolute atomic E-state index is 0.114. The van der Waals surface area contributed by atoms with Crippen LogP contribution in [0.4, 0.5) is 5.69 Å². The van der Waals surface area contributed by atoms with Crippen LogP contribution in [0.2, 0.25) is 0 Å². The first-order valence-electron chi connectivity index (χ1n) is 6.70. The zero-order valence-electron chi connectivity index (χ0n) is 11.5. The first kappa shape index (κ1) is 15.0. The van der Waals surface area contributed by atoms with Crippen LogP contribution in [0.1, 0.15) is 28.4 Å². The first-order chi connectivity index (χ1) is 10.6. The fourth-order valence-electron chi connectivity index (χ4n) is 2.24. The number of amidine groups is 1. The van der Waals surface area contributed by atoms with Crippen molar-refractivity contribution in [2.45, 2.75) is 12.5 Å². The highest BCUT2D eigenvalue weighted by Gasteiger charge is 2.23. The summed E-state index contributed by atoms with van der Waals surface area (Å²) in [6, 6.07) is 15.0. The van der Waals surface area contributed by atoms with Crippen LogP contribution in [0.25, 0.3) is 0 Å². The molecule has 22 heavy (non-hydrogen) atoms. The maximum atomic E-state index is 11.3. The number of rotatable bonds is 3. The quantitative estimate of drug-likeness (QED) is 0.761. The molecule has 1 saturated heterocycles. The lowest BCUT2D eigenvalue weighted by atomic mass is 10.1. The number of hydrogen-bond acceptors (Lipinski definition) is 3. The minimum atomic E-state index is -0.989. The highest BCUT2D eigenvalue weighted by Crippen LogP contribution is 2.28. The molecule has 0 amide bonds. The summed E-state index contributed by atoms with van der Waals surface area (Å²) in [6.07, 6.45) is 0.465. The molecule has 2 aromatic rings. The first-order valence-corrected chi connectivity index (χ1v) is 7.78. The van der Waals surface area contributed by atoms with E-state index in [-0.39, 0.29) is 11.7 Å². The van der Waals surface area contributed by atoms with Crippen LogP contribution >= 0.6 is 22.6 Å². The third-order valence-corrected chi connectivity index (χ3v) is 3.98. The third-order valence-electron chi connectivity index (χ3n) is 3.31. The van der Waals surface area contributed by atoms with Crippen LogP contribution in [-0.4, -0.2) is 16.9 Å². The number of carbonyl (C=O) groups is 1. The third kappa shape index (κ3) is 3.28. The van der Waals surface area contributed by atoms with E-state index in [2.05, 4.69) is 33.1 Å². The van der Waals surface area contributed by atoms with Gasteiger partial charge in [0.1, 0.15) is 11.9 Å². The molecule has 0 bridgehead atoms. The molecular weight excluding hydrogens is 395 g/mol. The maximum absolute atomic E-state index is 11.3. The second-order valence-electron chi connectivity index (χ2n) is 4.85. The van der Waals surface area contributed by atoms with Gasteiger partial charge in [0.25, 0.3) is 0 Å². The Morgan fingerprint density at radius 1 is 1.27 bits per heavy atom. The molecule has 1 atom stereocenters. The van der Waals surface area contributed by atoms with Gasteiger partial charge in [-0.3, -0.25) is 10.3 Å². The van der Waals surface area contributed by atoms with Gasteiger partial charge in [-0.05, 0) is 46.4 Å². The molecule has 6 heteroatoms. The predicted molar refractivity (Wildman–Crippen MR) is 91.2 cm³/mol. The van der Waals surface area contributed by atoms with Gasteiger partial charge in [-0.15, -0.1) is 0 Å². The number of carboxylic acids is 1. The summed E-state index contributed by atoms with van der Waals surface area (Å²) in [5, 5.41) is 9.27. The normalized spacial score (nSPS) is 19.1. The summed E-state index contributed by atoms with van der Waals surface area (Å²) < 4.78 is 0.858. The van der Waals surface area contributed by atoms with E-state index in [1.54, 1.807) is 12.1 Å². The van der Waals surface area contributed by atoms with Crippen molar-refractivity contribution in [3.05, 3.63) is 63.2 Å². The molecule has 0 radical (unpaired) electrons. The van der Waals surface area contributed by atoms with Crippen LogP contribution in [-0.2, 0) is 4.84 Å². The Labute approximate surface area is 141 Å². The Hall–Kier alpha value is -1.93. The Morgan fingerprint density at radius 2 is 2.05 bits per heavy atom. The fraction of sp³-hybridized carbons (Fsp3) is 0.125. The lowest BCUT2D eigenvalue weighted by molar-refractivity contribution is 0.0448. The van der Waals surface area contributed by atoms with Crippen molar-refractivity contribution in [1.82, 2.24) is 5.48 Å². The summed E-state index contributed by atoms with van der Waals surface area (Å²) in [6.45, 7) is 0. The van der Waals surface area contributed by atoms with E-state index < -0.39 is 5.97 Å². The van der Waals surface area contributed by atoms with E-state index in [0.717, 1.165) is 9.13 Å². The number of hydrogen-bond donors (Lipinski definition) is 2. The summed E-state index contributed by atoms with van der Waals surface area (Å²) in [5.74, 6) is -0.367. The molecule has 0 spiro atoms. The van der Waals surface area contributed by atoms with Crippen molar-refractivity contribution >= 4 is 40.1 Å². The SMILES string of the molecule is O=C(O)c1cc(I)ccc1N=C1CC(c2ccccc2)ON1. The largest absolute Gasteiger partial charge is 0.478 e. The molecule has 1 aliphatic heterocycles. The van der Waals surface area contributed by atoms with Gasteiger partial charge >= 0.3 is 5.97 Å². The Morgan fingerprint density at radius 3 is 2.77 bits per heavy atom. The lowest BCUT2D eigenvalue weighted by Gasteiger charge is -2.05. The van der Waals surface area contributed by atoms with Gasteiger partial charge < -0.3 is 5.11 Å². The number of aliphatic imine (C=N–C) groups is 1. The number of carboxylic acid groups (broad SMARTS) is 1. The number of nitrogens with zero attached hydrogens (tertiary/aromatic N) is 1. The minimum Gasteiger partial charge on any atom is -0.478 e. The van der Waals surface area contributed by atoms with Gasteiger partial charge in [0.05, 0.1) is 11.3 Å². The molecule has 0 saturated carbocycles. The zero-order valence-corrected chi connectivity index (χ0v) is 13.6. The standard InChI is InChI=1S/C16H13IN2O3/c17-11-6-7-13(12(8-11)16(20)21)18-15-9-14(22-19-15)10-4-2-1-3-5-10/h1-8,14H,9H2,(H,18,19)(H,20,21).